The lowest BCUT2D eigenvalue weighted by atomic mass is 9.90. The lowest BCUT2D eigenvalue weighted by molar-refractivity contribution is -0.113. The summed E-state index contributed by atoms with van der Waals surface area (Å²) in [5.41, 5.74) is 0.0178. The summed E-state index contributed by atoms with van der Waals surface area (Å²) < 4.78 is 1.76. The maximum atomic E-state index is 13.2. The van der Waals surface area contributed by atoms with E-state index < -0.39 is 5.60 Å². The molecule has 0 radical (unpaired) electrons. The van der Waals surface area contributed by atoms with Crippen LogP contribution >= 0.6 is 46.6 Å². The van der Waals surface area contributed by atoms with Crippen LogP contribution in [0.3, 0.4) is 0 Å². The molecule has 1 heterocycles. The van der Waals surface area contributed by atoms with Gasteiger partial charge in [-0.05, 0) is 35.7 Å². The lowest BCUT2D eigenvalue weighted by Crippen LogP contribution is -2.35. The Kier molecular flexibility index (Phi) is 8.11. The Labute approximate surface area is 201 Å². The Bertz CT molecular complexity index is 1030. The molecule has 0 aliphatic heterocycles. The van der Waals surface area contributed by atoms with E-state index >= 15 is 0 Å². The number of aliphatic hydroxyl groups is 1. The Hall–Kier alpha value is -1.50. The largest absolute Gasteiger partial charge is 0.382 e. The van der Waals surface area contributed by atoms with Crippen LogP contribution in [-0.2, 0) is 16.9 Å². The predicted octanol–water partition coefficient (Wildman–Crippen LogP) is 6.43. The molecule has 4 nitrogen and oxygen atoms in total. The number of hydrogen-bond acceptors (Lipinski definition) is 4. The molecular formula is C23H23Cl3N2O2S. The van der Waals surface area contributed by atoms with Crippen LogP contribution in [-0.4, -0.2) is 25.5 Å². The van der Waals surface area contributed by atoms with Crippen molar-refractivity contribution in [3.05, 3.63) is 87.4 Å². The standard InChI is InChI=1S/C23H23Cl3N2O2S/c1-15(2)21(16-3-5-17(24)6-4-16)22(29)31-13-23(30,12-28-10-9-27-14-28)19-8-7-18(25)11-20(19)26/h3-11,14-15,21,30H,12-13H2,1-2H3/t21-,23+/m0/s1. The Morgan fingerprint density at radius 1 is 1.13 bits per heavy atom. The Morgan fingerprint density at radius 3 is 2.39 bits per heavy atom. The number of rotatable bonds is 8. The van der Waals surface area contributed by atoms with Gasteiger partial charge in [0.15, 0.2) is 5.12 Å². The highest BCUT2D eigenvalue weighted by atomic mass is 35.5. The van der Waals surface area contributed by atoms with E-state index in [1.807, 2.05) is 26.0 Å². The number of carbonyl (C=O) groups is 1. The quantitative estimate of drug-likeness (QED) is 0.389. The fraction of sp³-hybridized carbons (Fsp3) is 0.304. The van der Waals surface area contributed by atoms with Crippen LogP contribution < -0.4 is 0 Å². The highest BCUT2D eigenvalue weighted by molar-refractivity contribution is 8.13. The summed E-state index contributed by atoms with van der Waals surface area (Å²) in [5.74, 6) is -0.107. The molecule has 0 saturated heterocycles. The summed E-state index contributed by atoms with van der Waals surface area (Å²) in [5, 5.41) is 13.1. The molecule has 1 N–H and O–H groups in total. The molecule has 0 aliphatic carbocycles. The van der Waals surface area contributed by atoms with Gasteiger partial charge in [0.2, 0.25) is 0 Å². The zero-order valence-electron chi connectivity index (χ0n) is 17.1. The minimum Gasteiger partial charge on any atom is -0.382 e. The van der Waals surface area contributed by atoms with Crippen LogP contribution in [0.2, 0.25) is 15.1 Å². The smallest absolute Gasteiger partial charge is 0.196 e. The van der Waals surface area contributed by atoms with Gasteiger partial charge in [0, 0.05) is 38.8 Å². The number of aromatic nitrogens is 2. The number of imidazole rings is 1. The molecule has 8 heteroatoms. The average Bonchev–Trinajstić information content (AvgIpc) is 3.20. The van der Waals surface area contributed by atoms with Gasteiger partial charge in [-0.3, -0.25) is 4.79 Å². The highest BCUT2D eigenvalue weighted by Gasteiger charge is 2.35. The number of benzene rings is 2. The third-order valence-corrected chi connectivity index (χ3v) is 7.00. The first-order chi connectivity index (χ1) is 14.7. The van der Waals surface area contributed by atoms with Gasteiger partial charge in [0.25, 0.3) is 0 Å². The molecule has 31 heavy (non-hydrogen) atoms. The zero-order chi connectivity index (χ0) is 22.6. The average molecular weight is 498 g/mol. The van der Waals surface area contributed by atoms with Crippen molar-refractivity contribution in [2.24, 2.45) is 5.92 Å². The summed E-state index contributed by atoms with van der Waals surface area (Å²) >= 11 is 19.6. The van der Waals surface area contributed by atoms with Gasteiger partial charge in [-0.2, -0.15) is 0 Å². The first-order valence-electron chi connectivity index (χ1n) is 9.75. The summed E-state index contributed by atoms with van der Waals surface area (Å²) in [6, 6.07) is 12.3. The van der Waals surface area contributed by atoms with Crippen molar-refractivity contribution in [2.75, 3.05) is 5.75 Å². The summed E-state index contributed by atoms with van der Waals surface area (Å²) in [6.45, 7) is 4.21. The molecule has 0 aliphatic rings. The van der Waals surface area contributed by atoms with Crippen LogP contribution in [0, 0.1) is 5.92 Å². The van der Waals surface area contributed by atoms with E-state index in [-0.39, 0.29) is 29.2 Å². The van der Waals surface area contributed by atoms with Crippen LogP contribution in [0.4, 0.5) is 0 Å². The SMILES string of the molecule is CC(C)[C@H](C(=O)SC[C@](O)(Cn1ccnc1)c1ccc(Cl)cc1Cl)c1ccc(Cl)cc1. The van der Waals surface area contributed by atoms with Gasteiger partial charge in [0.1, 0.15) is 5.60 Å². The van der Waals surface area contributed by atoms with Crippen LogP contribution in [0.1, 0.15) is 30.9 Å². The highest BCUT2D eigenvalue weighted by Crippen LogP contribution is 2.37. The van der Waals surface area contributed by atoms with Crippen molar-refractivity contribution < 1.29 is 9.90 Å². The molecule has 0 fully saturated rings. The molecule has 0 spiro atoms. The number of halogens is 3. The number of thioether (sulfide) groups is 1. The fourth-order valence-corrected chi connectivity index (χ4v) is 5.43. The third kappa shape index (κ3) is 6.05. The van der Waals surface area contributed by atoms with E-state index in [1.165, 1.54) is 0 Å². The maximum absolute atomic E-state index is 13.2. The van der Waals surface area contributed by atoms with E-state index in [4.69, 9.17) is 34.8 Å². The number of carbonyl (C=O) groups excluding carboxylic acids is 1. The van der Waals surface area contributed by atoms with Gasteiger partial charge in [-0.25, -0.2) is 4.98 Å². The summed E-state index contributed by atoms with van der Waals surface area (Å²) in [7, 11) is 0. The molecule has 0 amide bonds. The van der Waals surface area contributed by atoms with Crippen LogP contribution in [0.25, 0.3) is 0 Å². The van der Waals surface area contributed by atoms with Crippen molar-refractivity contribution in [1.82, 2.24) is 9.55 Å². The van der Waals surface area contributed by atoms with Crippen molar-refractivity contribution in [1.29, 1.82) is 0 Å². The molecule has 3 aromatic rings. The van der Waals surface area contributed by atoms with Crippen LogP contribution in [0.5, 0.6) is 0 Å². The summed E-state index contributed by atoms with van der Waals surface area (Å²) in [4.78, 5) is 17.3. The first kappa shape index (κ1) is 24.1. The normalized spacial score (nSPS) is 14.4. The van der Waals surface area contributed by atoms with Gasteiger partial charge < -0.3 is 9.67 Å². The van der Waals surface area contributed by atoms with E-state index in [9.17, 15) is 9.90 Å². The molecular weight excluding hydrogens is 475 g/mol. The molecule has 3 rings (SSSR count). The molecule has 164 valence electrons. The maximum Gasteiger partial charge on any atom is 0.196 e. The van der Waals surface area contributed by atoms with Crippen molar-refractivity contribution in [2.45, 2.75) is 31.9 Å². The molecule has 0 unspecified atom stereocenters. The van der Waals surface area contributed by atoms with E-state index in [0.29, 0.717) is 20.6 Å². The van der Waals surface area contributed by atoms with Crippen molar-refractivity contribution in [3.63, 3.8) is 0 Å². The lowest BCUT2D eigenvalue weighted by Gasteiger charge is -2.30. The van der Waals surface area contributed by atoms with Gasteiger partial charge in [0.05, 0.1) is 18.8 Å². The molecule has 0 bridgehead atoms. The predicted molar refractivity (Wildman–Crippen MR) is 129 cm³/mol. The molecule has 1 aromatic heterocycles. The zero-order valence-corrected chi connectivity index (χ0v) is 20.2. The molecule has 0 saturated carbocycles. The number of nitrogens with zero attached hydrogens (tertiary/aromatic N) is 2. The summed E-state index contributed by atoms with van der Waals surface area (Å²) in [6.07, 6.45) is 5.01. The van der Waals surface area contributed by atoms with Gasteiger partial charge in [-0.1, -0.05) is 78.6 Å². The molecule has 2 atom stereocenters. The second kappa shape index (κ2) is 10.4. The number of hydrogen-bond donors (Lipinski definition) is 1. The third-order valence-electron chi connectivity index (χ3n) is 5.04. The van der Waals surface area contributed by atoms with Crippen molar-refractivity contribution >= 4 is 51.7 Å². The van der Waals surface area contributed by atoms with E-state index in [0.717, 1.165) is 17.3 Å². The first-order valence-corrected chi connectivity index (χ1v) is 11.9. The molecule has 2 aromatic carbocycles. The van der Waals surface area contributed by atoms with Gasteiger partial charge in [-0.15, -0.1) is 0 Å². The van der Waals surface area contributed by atoms with Crippen LogP contribution in [0.15, 0.2) is 61.2 Å². The van der Waals surface area contributed by atoms with E-state index in [1.54, 1.807) is 53.6 Å². The van der Waals surface area contributed by atoms with Gasteiger partial charge >= 0.3 is 0 Å². The second-order valence-corrected chi connectivity index (χ2v) is 10.0. The van der Waals surface area contributed by atoms with E-state index in [2.05, 4.69) is 4.98 Å². The minimum atomic E-state index is -1.40. The fourth-order valence-electron chi connectivity index (χ4n) is 3.50. The Morgan fingerprint density at radius 2 is 1.81 bits per heavy atom. The second-order valence-electron chi connectivity index (χ2n) is 7.77. The monoisotopic (exact) mass is 496 g/mol. The Balaban J connectivity index is 1.86. The van der Waals surface area contributed by atoms with Crippen molar-refractivity contribution in [3.8, 4) is 0 Å². The topological polar surface area (TPSA) is 55.1 Å². The minimum absolute atomic E-state index is 0.0218.